The van der Waals surface area contributed by atoms with Crippen LogP contribution in [0.2, 0.25) is 0 Å². The first-order chi connectivity index (χ1) is 8.72. The van der Waals surface area contributed by atoms with Gasteiger partial charge in [-0.2, -0.15) is 0 Å². The Labute approximate surface area is 111 Å². The van der Waals surface area contributed by atoms with Crippen LogP contribution in [0.5, 0.6) is 0 Å². The minimum absolute atomic E-state index is 0.258. The van der Waals surface area contributed by atoms with E-state index in [1.807, 2.05) is 7.11 Å². The molecule has 0 aromatic heterocycles. The summed E-state index contributed by atoms with van der Waals surface area (Å²) in [6, 6.07) is 8.97. The number of ether oxygens (including phenoxy) is 1. The lowest BCUT2D eigenvalue weighted by molar-refractivity contribution is 0.0383. The fourth-order valence-electron chi connectivity index (χ4n) is 2.82. The van der Waals surface area contributed by atoms with E-state index in [0.717, 1.165) is 13.1 Å². The molecule has 2 rings (SSSR count). The van der Waals surface area contributed by atoms with E-state index in [2.05, 4.69) is 43.4 Å². The molecule has 1 atom stereocenters. The predicted octanol–water partition coefficient (Wildman–Crippen LogP) is 3.50. The van der Waals surface area contributed by atoms with Crippen LogP contribution in [0.4, 0.5) is 0 Å². The van der Waals surface area contributed by atoms with Crippen LogP contribution in [-0.4, -0.2) is 20.2 Å². The fraction of sp³-hybridized carbons (Fsp3) is 0.625. The van der Waals surface area contributed by atoms with Gasteiger partial charge in [0, 0.05) is 7.11 Å². The number of hydrogen-bond donors (Lipinski definition) is 1. The van der Waals surface area contributed by atoms with Gasteiger partial charge in [0.1, 0.15) is 0 Å². The molecule has 1 aliphatic heterocycles. The van der Waals surface area contributed by atoms with Crippen molar-refractivity contribution in [2.24, 2.45) is 5.92 Å². The molecule has 2 heteroatoms. The first-order valence-corrected chi connectivity index (χ1v) is 7.05. The Bertz CT molecular complexity index is 352. The van der Waals surface area contributed by atoms with Gasteiger partial charge in [0.2, 0.25) is 0 Å². The third kappa shape index (κ3) is 3.12. The molecule has 1 N–H and O–H groups in total. The lowest BCUT2D eigenvalue weighted by Gasteiger charge is -2.30. The summed E-state index contributed by atoms with van der Waals surface area (Å²) >= 11 is 0. The van der Waals surface area contributed by atoms with Gasteiger partial charge in [-0.15, -0.1) is 0 Å². The molecular formula is C16H25NO. The highest BCUT2D eigenvalue weighted by molar-refractivity contribution is 5.26. The maximum Gasteiger partial charge on any atom is 0.0850 e. The van der Waals surface area contributed by atoms with E-state index in [0.29, 0.717) is 11.8 Å². The van der Waals surface area contributed by atoms with E-state index in [9.17, 15) is 0 Å². The van der Waals surface area contributed by atoms with Crippen molar-refractivity contribution >= 4 is 0 Å². The molecule has 1 fully saturated rings. The van der Waals surface area contributed by atoms with Gasteiger partial charge < -0.3 is 10.1 Å². The summed E-state index contributed by atoms with van der Waals surface area (Å²) in [5.41, 5.74) is 2.73. The van der Waals surface area contributed by atoms with Crippen molar-refractivity contribution in [3.8, 4) is 0 Å². The largest absolute Gasteiger partial charge is 0.376 e. The highest BCUT2D eigenvalue weighted by Gasteiger charge is 2.24. The molecule has 1 aliphatic rings. The summed E-state index contributed by atoms with van der Waals surface area (Å²) in [6.45, 7) is 6.70. The second-order valence-electron chi connectivity index (χ2n) is 5.57. The lowest BCUT2D eigenvalue weighted by Crippen LogP contribution is -2.31. The van der Waals surface area contributed by atoms with E-state index in [-0.39, 0.29) is 6.10 Å². The normalized spacial score (nSPS) is 19.1. The summed E-state index contributed by atoms with van der Waals surface area (Å²) in [7, 11) is 1.84. The third-order valence-corrected chi connectivity index (χ3v) is 4.00. The zero-order valence-electron chi connectivity index (χ0n) is 11.8. The Hall–Kier alpha value is -0.860. The van der Waals surface area contributed by atoms with Gasteiger partial charge in [-0.3, -0.25) is 0 Å². The van der Waals surface area contributed by atoms with E-state index in [4.69, 9.17) is 4.74 Å². The predicted molar refractivity (Wildman–Crippen MR) is 75.9 cm³/mol. The van der Waals surface area contributed by atoms with E-state index >= 15 is 0 Å². The van der Waals surface area contributed by atoms with Gasteiger partial charge >= 0.3 is 0 Å². The van der Waals surface area contributed by atoms with Crippen molar-refractivity contribution in [1.29, 1.82) is 0 Å². The van der Waals surface area contributed by atoms with E-state index in [1.54, 1.807) is 0 Å². The van der Waals surface area contributed by atoms with Crippen molar-refractivity contribution in [1.82, 2.24) is 5.32 Å². The van der Waals surface area contributed by atoms with Crippen molar-refractivity contribution in [3.63, 3.8) is 0 Å². The first-order valence-electron chi connectivity index (χ1n) is 7.05. The van der Waals surface area contributed by atoms with Crippen LogP contribution >= 0.6 is 0 Å². The molecule has 1 saturated heterocycles. The number of benzene rings is 1. The maximum absolute atomic E-state index is 5.75. The highest BCUT2D eigenvalue weighted by atomic mass is 16.5. The van der Waals surface area contributed by atoms with E-state index in [1.165, 1.54) is 24.0 Å². The SMILES string of the molecule is COC(c1ccc(C(C)C)cc1)C1CCNCC1. The van der Waals surface area contributed by atoms with Crippen molar-refractivity contribution in [2.75, 3.05) is 20.2 Å². The number of hydrogen-bond acceptors (Lipinski definition) is 2. The zero-order chi connectivity index (χ0) is 13.0. The molecule has 1 heterocycles. The molecule has 0 saturated carbocycles. The second-order valence-corrected chi connectivity index (χ2v) is 5.57. The molecule has 0 amide bonds. The number of rotatable bonds is 4. The molecule has 0 spiro atoms. The standard InChI is InChI=1S/C16H25NO/c1-12(2)13-4-6-14(7-5-13)16(18-3)15-8-10-17-11-9-15/h4-7,12,15-17H,8-11H2,1-3H3. The van der Waals surface area contributed by atoms with Gasteiger partial charge in [0.15, 0.2) is 0 Å². The van der Waals surface area contributed by atoms with Crippen LogP contribution in [0.25, 0.3) is 0 Å². The first kappa shape index (κ1) is 13.6. The molecular weight excluding hydrogens is 222 g/mol. The highest BCUT2D eigenvalue weighted by Crippen LogP contribution is 2.32. The van der Waals surface area contributed by atoms with Gasteiger partial charge in [-0.05, 0) is 48.9 Å². The summed E-state index contributed by atoms with van der Waals surface area (Å²) in [6.07, 6.45) is 2.68. The van der Waals surface area contributed by atoms with Crippen LogP contribution in [0, 0.1) is 5.92 Å². The molecule has 1 unspecified atom stereocenters. The van der Waals surface area contributed by atoms with Gasteiger partial charge in [0.05, 0.1) is 6.10 Å². The fourth-order valence-corrected chi connectivity index (χ4v) is 2.82. The average molecular weight is 247 g/mol. The molecule has 0 radical (unpaired) electrons. The summed E-state index contributed by atoms with van der Waals surface area (Å²) in [5, 5.41) is 3.41. The van der Waals surface area contributed by atoms with Crippen LogP contribution in [-0.2, 0) is 4.74 Å². The summed E-state index contributed by atoms with van der Waals surface area (Å²) in [4.78, 5) is 0. The smallest absolute Gasteiger partial charge is 0.0850 e. The average Bonchev–Trinajstić information content (AvgIpc) is 2.41. The Balaban J connectivity index is 2.11. The van der Waals surface area contributed by atoms with Crippen molar-refractivity contribution in [2.45, 2.75) is 38.7 Å². The molecule has 2 nitrogen and oxygen atoms in total. The minimum Gasteiger partial charge on any atom is -0.376 e. The summed E-state index contributed by atoms with van der Waals surface area (Å²) in [5.74, 6) is 1.25. The van der Waals surface area contributed by atoms with Crippen LogP contribution in [0.15, 0.2) is 24.3 Å². The Morgan fingerprint density at radius 3 is 2.11 bits per heavy atom. The third-order valence-electron chi connectivity index (χ3n) is 4.00. The number of methoxy groups -OCH3 is 1. The quantitative estimate of drug-likeness (QED) is 0.879. The van der Waals surface area contributed by atoms with Crippen LogP contribution in [0.1, 0.15) is 49.8 Å². The lowest BCUT2D eigenvalue weighted by atomic mass is 9.87. The zero-order valence-corrected chi connectivity index (χ0v) is 11.8. The maximum atomic E-state index is 5.75. The van der Waals surface area contributed by atoms with Crippen molar-refractivity contribution < 1.29 is 4.74 Å². The van der Waals surface area contributed by atoms with Crippen LogP contribution in [0.3, 0.4) is 0 Å². The Morgan fingerprint density at radius 1 is 1.06 bits per heavy atom. The molecule has 0 bridgehead atoms. The van der Waals surface area contributed by atoms with Gasteiger partial charge in [0.25, 0.3) is 0 Å². The Morgan fingerprint density at radius 2 is 1.61 bits per heavy atom. The number of nitrogens with one attached hydrogen (secondary N) is 1. The topological polar surface area (TPSA) is 21.3 Å². The minimum atomic E-state index is 0.258. The monoisotopic (exact) mass is 247 g/mol. The molecule has 18 heavy (non-hydrogen) atoms. The van der Waals surface area contributed by atoms with E-state index < -0.39 is 0 Å². The Kier molecular flexibility index (Phi) is 4.79. The van der Waals surface area contributed by atoms with Crippen molar-refractivity contribution in [3.05, 3.63) is 35.4 Å². The van der Waals surface area contributed by atoms with Gasteiger partial charge in [-0.25, -0.2) is 0 Å². The summed E-state index contributed by atoms with van der Waals surface area (Å²) < 4.78 is 5.75. The second kappa shape index (κ2) is 6.35. The molecule has 0 aliphatic carbocycles. The molecule has 100 valence electrons. The number of piperidine rings is 1. The van der Waals surface area contributed by atoms with Crippen LogP contribution < -0.4 is 5.32 Å². The molecule has 1 aromatic rings. The van der Waals surface area contributed by atoms with Gasteiger partial charge in [-0.1, -0.05) is 38.1 Å². The molecule has 1 aromatic carbocycles.